The zero-order valence-corrected chi connectivity index (χ0v) is 13.9. The van der Waals surface area contributed by atoms with Crippen molar-refractivity contribution in [1.29, 1.82) is 0 Å². The number of amides is 1. The number of nitrogens with zero attached hydrogens (tertiary/aromatic N) is 1. The molecule has 122 valence electrons. The minimum atomic E-state index is 0.0523. The highest BCUT2D eigenvalue weighted by Gasteiger charge is 2.02. The number of carbonyl (C=O) groups excluding carboxylic acids is 1. The monoisotopic (exact) mass is 311 g/mol. The predicted molar refractivity (Wildman–Crippen MR) is 92.9 cm³/mol. The van der Waals surface area contributed by atoms with Gasteiger partial charge in [-0.1, -0.05) is 44.2 Å². The first-order chi connectivity index (χ1) is 11.1. The standard InChI is InChI=1S/C19H25N3O/c1-15(2)18-7-5-16(6-8-18)12-21-11-9-19(23)22-14-17-4-3-10-20-13-17/h3-8,10,13,15,21H,9,11-12,14H2,1-2H3,(H,22,23). The van der Waals surface area contributed by atoms with Crippen molar-refractivity contribution in [3.63, 3.8) is 0 Å². The van der Waals surface area contributed by atoms with Crippen molar-refractivity contribution in [2.75, 3.05) is 6.54 Å². The predicted octanol–water partition coefficient (Wildman–Crippen LogP) is 3.00. The fraction of sp³-hybridized carbons (Fsp3) is 0.368. The number of carbonyl (C=O) groups is 1. The molecule has 0 saturated carbocycles. The van der Waals surface area contributed by atoms with E-state index in [2.05, 4.69) is 53.7 Å². The molecule has 23 heavy (non-hydrogen) atoms. The van der Waals surface area contributed by atoms with Gasteiger partial charge in [0.05, 0.1) is 0 Å². The SMILES string of the molecule is CC(C)c1ccc(CNCCC(=O)NCc2cccnc2)cc1. The second-order valence-corrected chi connectivity index (χ2v) is 5.96. The molecule has 1 aromatic carbocycles. The molecular weight excluding hydrogens is 286 g/mol. The largest absolute Gasteiger partial charge is 0.352 e. The van der Waals surface area contributed by atoms with Crippen LogP contribution in [-0.4, -0.2) is 17.4 Å². The summed E-state index contributed by atoms with van der Waals surface area (Å²) < 4.78 is 0. The van der Waals surface area contributed by atoms with Crippen molar-refractivity contribution in [2.24, 2.45) is 0 Å². The number of benzene rings is 1. The lowest BCUT2D eigenvalue weighted by Crippen LogP contribution is -2.27. The maximum atomic E-state index is 11.8. The molecule has 4 nitrogen and oxygen atoms in total. The van der Waals surface area contributed by atoms with Gasteiger partial charge in [-0.2, -0.15) is 0 Å². The third-order valence-corrected chi connectivity index (χ3v) is 3.72. The van der Waals surface area contributed by atoms with Crippen LogP contribution in [-0.2, 0) is 17.9 Å². The van der Waals surface area contributed by atoms with Crippen LogP contribution in [0.1, 0.15) is 42.9 Å². The summed E-state index contributed by atoms with van der Waals surface area (Å²) in [4.78, 5) is 15.8. The molecule has 1 heterocycles. The summed E-state index contributed by atoms with van der Waals surface area (Å²) in [5.41, 5.74) is 3.60. The van der Waals surface area contributed by atoms with Crippen molar-refractivity contribution in [3.05, 3.63) is 65.5 Å². The molecule has 0 unspecified atom stereocenters. The van der Waals surface area contributed by atoms with Gasteiger partial charge in [0.2, 0.25) is 5.91 Å². The topological polar surface area (TPSA) is 54.0 Å². The lowest BCUT2D eigenvalue weighted by Gasteiger charge is -2.08. The van der Waals surface area contributed by atoms with Gasteiger partial charge in [-0.05, 0) is 28.7 Å². The first-order valence-electron chi connectivity index (χ1n) is 8.10. The highest BCUT2D eigenvalue weighted by Crippen LogP contribution is 2.14. The number of hydrogen-bond donors (Lipinski definition) is 2. The molecule has 0 aliphatic carbocycles. The number of rotatable bonds is 8. The first kappa shape index (κ1) is 17.2. The molecule has 0 bridgehead atoms. The third-order valence-electron chi connectivity index (χ3n) is 3.72. The van der Waals surface area contributed by atoms with Gasteiger partial charge in [0.15, 0.2) is 0 Å². The molecule has 0 radical (unpaired) electrons. The summed E-state index contributed by atoms with van der Waals surface area (Å²) in [5, 5.41) is 6.20. The number of pyridine rings is 1. The fourth-order valence-electron chi connectivity index (χ4n) is 2.25. The van der Waals surface area contributed by atoms with Crippen molar-refractivity contribution >= 4 is 5.91 Å². The van der Waals surface area contributed by atoms with E-state index in [1.807, 2.05) is 12.1 Å². The Hall–Kier alpha value is -2.20. The molecule has 0 spiro atoms. The van der Waals surface area contributed by atoms with Crippen LogP contribution in [0.3, 0.4) is 0 Å². The van der Waals surface area contributed by atoms with Crippen LogP contribution in [0.2, 0.25) is 0 Å². The molecule has 2 aromatic rings. The quantitative estimate of drug-likeness (QED) is 0.737. The smallest absolute Gasteiger partial charge is 0.221 e. The van der Waals surface area contributed by atoms with Crippen molar-refractivity contribution < 1.29 is 4.79 Å². The average Bonchev–Trinajstić information content (AvgIpc) is 2.58. The van der Waals surface area contributed by atoms with Crippen LogP contribution in [0.4, 0.5) is 0 Å². The Morgan fingerprint density at radius 1 is 1.09 bits per heavy atom. The molecule has 0 atom stereocenters. The molecule has 4 heteroatoms. The van der Waals surface area contributed by atoms with Gasteiger partial charge in [0.1, 0.15) is 0 Å². The van der Waals surface area contributed by atoms with Gasteiger partial charge in [-0.3, -0.25) is 9.78 Å². The Morgan fingerprint density at radius 3 is 2.52 bits per heavy atom. The molecule has 2 N–H and O–H groups in total. The van der Waals surface area contributed by atoms with Gasteiger partial charge in [0.25, 0.3) is 0 Å². The molecule has 1 aromatic heterocycles. The van der Waals surface area contributed by atoms with Gasteiger partial charge in [-0.15, -0.1) is 0 Å². The van der Waals surface area contributed by atoms with E-state index >= 15 is 0 Å². The van der Waals surface area contributed by atoms with E-state index in [-0.39, 0.29) is 5.91 Å². The fourth-order valence-corrected chi connectivity index (χ4v) is 2.25. The minimum Gasteiger partial charge on any atom is -0.352 e. The Kier molecular flexibility index (Phi) is 6.76. The molecule has 0 fully saturated rings. The Labute approximate surface area is 138 Å². The Balaban J connectivity index is 1.62. The van der Waals surface area contributed by atoms with E-state index in [9.17, 15) is 4.79 Å². The highest BCUT2D eigenvalue weighted by atomic mass is 16.1. The average molecular weight is 311 g/mol. The summed E-state index contributed by atoms with van der Waals surface area (Å²) in [7, 11) is 0. The molecule has 0 saturated heterocycles. The molecular formula is C19H25N3O. The summed E-state index contributed by atoms with van der Waals surface area (Å²) in [5.74, 6) is 0.608. The van der Waals surface area contributed by atoms with Crippen LogP contribution in [0.15, 0.2) is 48.8 Å². The van der Waals surface area contributed by atoms with E-state index in [0.717, 1.165) is 12.1 Å². The summed E-state index contributed by atoms with van der Waals surface area (Å²) >= 11 is 0. The third kappa shape index (κ3) is 6.20. The number of hydrogen-bond acceptors (Lipinski definition) is 3. The van der Waals surface area contributed by atoms with E-state index in [0.29, 0.717) is 25.4 Å². The Morgan fingerprint density at radius 2 is 1.87 bits per heavy atom. The zero-order chi connectivity index (χ0) is 16.5. The van der Waals surface area contributed by atoms with Crippen molar-refractivity contribution in [3.8, 4) is 0 Å². The van der Waals surface area contributed by atoms with Crippen LogP contribution in [0.25, 0.3) is 0 Å². The highest BCUT2D eigenvalue weighted by molar-refractivity contribution is 5.76. The van der Waals surface area contributed by atoms with Gasteiger partial charge >= 0.3 is 0 Å². The molecule has 0 aliphatic rings. The Bertz CT molecular complexity index is 594. The van der Waals surface area contributed by atoms with Gasteiger partial charge in [0, 0.05) is 38.4 Å². The normalized spacial score (nSPS) is 10.7. The molecule has 2 rings (SSSR count). The summed E-state index contributed by atoms with van der Waals surface area (Å²) in [6.45, 7) is 6.37. The summed E-state index contributed by atoms with van der Waals surface area (Å²) in [6, 6.07) is 12.4. The van der Waals surface area contributed by atoms with Crippen LogP contribution in [0.5, 0.6) is 0 Å². The van der Waals surface area contributed by atoms with E-state index < -0.39 is 0 Å². The molecule has 1 amide bonds. The second-order valence-electron chi connectivity index (χ2n) is 5.96. The first-order valence-corrected chi connectivity index (χ1v) is 8.10. The zero-order valence-electron chi connectivity index (χ0n) is 13.9. The lowest BCUT2D eigenvalue weighted by molar-refractivity contribution is -0.121. The number of aromatic nitrogens is 1. The van der Waals surface area contributed by atoms with Gasteiger partial charge in [-0.25, -0.2) is 0 Å². The lowest BCUT2D eigenvalue weighted by atomic mass is 10.0. The van der Waals surface area contributed by atoms with Crippen molar-refractivity contribution in [1.82, 2.24) is 15.6 Å². The van der Waals surface area contributed by atoms with Crippen LogP contribution >= 0.6 is 0 Å². The van der Waals surface area contributed by atoms with Crippen LogP contribution < -0.4 is 10.6 Å². The van der Waals surface area contributed by atoms with E-state index in [1.54, 1.807) is 12.4 Å². The second kappa shape index (κ2) is 9.06. The maximum Gasteiger partial charge on any atom is 0.221 e. The van der Waals surface area contributed by atoms with Gasteiger partial charge < -0.3 is 10.6 Å². The van der Waals surface area contributed by atoms with E-state index in [4.69, 9.17) is 0 Å². The maximum absolute atomic E-state index is 11.8. The molecule has 0 aliphatic heterocycles. The van der Waals surface area contributed by atoms with Crippen molar-refractivity contribution in [2.45, 2.75) is 39.3 Å². The van der Waals surface area contributed by atoms with E-state index in [1.165, 1.54) is 11.1 Å². The number of nitrogens with one attached hydrogen (secondary N) is 2. The van der Waals surface area contributed by atoms with Crippen LogP contribution in [0, 0.1) is 0 Å². The minimum absolute atomic E-state index is 0.0523. The summed E-state index contributed by atoms with van der Waals surface area (Å²) in [6.07, 6.45) is 3.96.